The van der Waals surface area contributed by atoms with Gasteiger partial charge in [0, 0.05) is 45.4 Å². The third-order valence-electron chi connectivity index (χ3n) is 21.1. The normalized spacial score (nSPS) is 33.9. The van der Waals surface area contributed by atoms with Crippen molar-refractivity contribution in [3.05, 3.63) is 0 Å². The standard InChI is InChI=1S/C21H27F7O6.C21H27F7O5.C20H26F2O6/c1-3-32-15(30)20(21(26,27)28,33-5-4-19(24,25)16(2,22)23)34-14(29)17-7-12-6-13(8-17)10-18(31,9-12)11-17;1-3-31-16(30)20(21(26,27)28,32-5-4-19(24,25)17(2,22)23)33-15(29)18-9-12-6-13(10-18)8-14(7-12)11-18;1-3-20(7-5-4-6-8-20)28-17(24)13-11-9-10-12(13)16(23)26-14(10)15(11)27-18(25)19(2,21)22/h12-13,31H,3-11H2,1-2H3;12-14H,3-11H2,1-2H3;10-15H,3-9H2,1-2H3. The molecule has 0 radical (unpaired) electrons. The molecule has 12 fully saturated rings. The minimum atomic E-state index is -5.78. The molecule has 0 aromatic heterocycles. The molecule has 0 aromatic rings. The van der Waals surface area contributed by atoms with E-state index in [0.29, 0.717) is 58.3 Å². The number of esters is 7. The Labute approximate surface area is 536 Å². The predicted molar refractivity (Wildman–Crippen MR) is 289 cm³/mol. The van der Waals surface area contributed by atoms with Gasteiger partial charge in [0.25, 0.3) is 0 Å². The molecule has 0 aromatic carbocycles. The number of ether oxygens (including phenoxy) is 9. The van der Waals surface area contributed by atoms with Gasteiger partial charge in [-0.15, -0.1) is 0 Å². The van der Waals surface area contributed by atoms with Gasteiger partial charge in [-0.3, -0.25) is 19.2 Å². The van der Waals surface area contributed by atoms with Crippen LogP contribution in [-0.4, -0.2) is 150 Å². The lowest BCUT2D eigenvalue weighted by molar-refractivity contribution is -0.362. The van der Waals surface area contributed by atoms with Crippen LogP contribution in [0.15, 0.2) is 0 Å². The van der Waals surface area contributed by atoms with Crippen molar-refractivity contribution in [1.29, 1.82) is 0 Å². The first-order valence-corrected chi connectivity index (χ1v) is 32.1. The molecular weight excluding hydrogens is 1320 g/mol. The molecule has 95 heavy (non-hydrogen) atoms. The molecule has 0 spiro atoms. The lowest BCUT2D eigenvalue weighted by Gasteiger charge is -2.59. The number of halogens is 16. The third kappa shape index (κ3) is 15.0. The van der Waals surface area contributed by atoms with Gasteiger partial charge >= 0.3 is 95.3 Å². The molecule has 11 saturated carbocycles. The molecular formula is C62H80F16O17. The van der Waals surface area contributed by atoms with E-state index in [9.17, 15) is 109 Å². The second kappa shape index (κ2) is 26.6. The molecule has 1 N–H and O–H groups in total. The Bertz CT molecular complexity index is 2800. The van der Waals surface area contributed by atoms with Crippen LogP contribution in [0.1, 0.15) is 176 Å². The number of hydrogen-bond acceptors (Lipinski definition) is 17. The topological polar surface area (TPSA) is 223 Å². The number of hydrogen-bond donors (Lipinski definition) is 1. The fourth-order valence-corrected chi connectivity index (χ4v) is 17.3. The number of alkyl halides is 16. The summed E-state index contributed by atoms with van der Waals surface area (Å²) in [7, 11) is 0. The van der Waals surface area contributed by atoms with E-state index in [1.807, 2.05) is 6.92 Å². The highest BCUT2D eigenvalue weighted by Gasteiger charge is 2.74. The van der Waals surface area contributed by atoms with E-state index in [4.69, 9.17) is 18.9 Å². The summed E-state index contributed by atoms with van der Waals surface area (Å²) >= 11 is 0. The molecule has 12 rings (SSSR count). The first-order chi connectivity index (χ1) is 43.6. The molecule has 1 aliphatic heterocycles. The van der Waals surface area contributed by atoms with Crippen LogP contribution in [0.5, 0.6) is 0 Å². The minimum absolute atomic E-state index is 0.0948. The Morgan fingerprint density at radius 1 is 0.547 bits per heavy atom. The van der Waals surface area contributed by atoms with E-state index >= 15 is 0 Å². The van der Waals surface area contributed by atoms with Gasteiger partial charge in [-0.05, 0) is 159 Å². The van der Waals surface area contributed by atoms with E-state index in [-0.39, 0.29) is 68.6 Å². The van der Waals surface area contributed by atoms with Crippen molar-refractivity contribution in [2.75, 3.05) is 26.4 Å². The Morgan fingerprint density at radius 3 is 1.36 bits per heavy atom. The van der Waals surface area contributed by atoms with E-state index in [1.165, 1.54) is 6.92 Å². The highest BCUT2D eigenvalue weighted by molar-refractivity contribution is 5.88. The van der Waals surface area contributed by atoms with Crippen LogP contribution in [0.4, 0.5) is 70.2 Å². The van der Waals surface area contributed by atoms with Gasteiger partial charge in [0.2, 0.25) is 0 Å². The zero-order valence-electron chi connectivity index (χ0n) is 53.1. The molecule has 10 unspecified atom stereocenters. The fourth-order valence-electron chi connectivity index (χ4n) is 17.3. The zero-order chi connectivity index (χ0) is 70.9. The van der Waals surface area contributed by atoms with Crippen LogP contribution < -0.4 is 0 Å². The predicted octanol–water partition coefficient (Wildman–Crippen LogP) is 12.7. The number of fused-ring (bicyclic) bond motifs is 1. The first-order valence-electron chi connectivity index (χ1n) is 32.1. The molecule has 11 aliphatic carbocycles. The SMILES string of the molecule is CCC1(OC(=O)C2C3CC4C(OC(=O)C42)C3OC(=O)C(C)(F)F)CCCCC1.CCOC(=O)C(OCCC(F)(F)C(C)(F)F)(OC(=O)C12CC3CC(CC(C3)C1)C2)C(F)(F)F.CCOC(=O)C(OCCC(F)(F)C(C)(F)F)(OC(=O)C12CC3CC(CC(O)(C3)C1)C2)C(F)(F)F. The summed E-state index contributed by atoms with van der Waals surface area (Å²) in [5.74, 6) is -42.9. The summed E-state index contributed by atoms with van der Waals surface area (Å²) in [4.78, 5) is 88.1. The summed E-state index contributed by atoms with van der Waals surface area (Å²) in [5, 5.41) is 10.8. The molecule has 542 valence electrons. The summed E-state index contributed by atoms with van der Waals surface area (Å²) in [6, 6.07) is 0. The second-order valence-electron chi connectivity index (χ2n) is 28.3. The first kappa shape index (κ1) is 75.8. The van der Waals surface area contributed by atoms with Gasteiger partial charge in [0.15, 0.2) is 0 Å². The lowest BCUT2D eigenvalue weighted by atomic mass is 9.48. The minimum Gasteiger partial charge on any atom is -0.461 e. The van der Waals surface area contributed by atoms with Crippen molar-refractivity contribution >= 4 is 41.8 Å². The van der Waals surface area contributed by atoms with Crippen molar-refractivity contribution in [3.8, 4) is 0 Å². The van der Waals surface area contributed by atoms with Crippen LogP contribution in [0.25, 0.3) is 0 Å². The van der Waals surface area contributed by atoms with Gasteiger partial charge < -0.3 is 47.7 Å². The number of carbonyl (C=O) groups is 7. The average Bonchev–Trinajstić information content (AvgIpc) is 1.67. The quantitative estimate of drug-likeness (QED) is 0.0435. The Hall–Kier alpha value is -4.95. The van der Waals surface area contributed by atoms with Crippen LogP contribution in [0.3, 0.4) is 0 Å². The Kier molecular flexibility index (Phi) is 21.2. The molecule has 1 saturated heterocycles. The fraction of sp³-hybridized carbons (Fsp3) is 0.887. The smallest absolute Gasteiger partial charge is 0.461 e. The van der Waals surface area contributed by atoms with Crippen molar-refractivity contribution < 1.29 is 152 Å². The summed E-state index contributed by atoms with van der Waals surface area (Å²) in [6.07, 6.45) is -6.17. The number of aliphatic hydroxyl groups is 1. The van der Waals surface area contributed by atoms with Crippen molar-refractivity contribution in [1.82, 2.24) is 0 Å². The Morgan fingerprint density at radius 2 is 0.968 bits per heavy atom. The van der Waals surface area contributed by atoms with Crippen LogP contribution in [-0.2, 0) is 76.2 Å². The third-order valence-corrected chi connectivity index (χ3v) is 21.1. The molecule has 33 heteroatoms. The highest BCUT2D eigenvalue weighted by atomic mass is 19.4. The zero-order valence-corrected chi connectivity index (χ0v) is 53.1. The van der Waals surface area contributed by atoms with Gasteiger partial charge in [0.1, 0.15) is 17.8 Å². The van der Waals surface area contributed by atoms with Crippen LogP contribution in [0.2, 0.25) is 0 Å². The van der Waals surface area contributed by atoms with Gasteiger partial charge in [-0.1, -0.05) is 13.3 Å². The maximum Gasteiger partial charge on any atom is 0.468 e. The van der Waals surface area contributed by atoms with Crippen LogP contribution in [0, 0.1) is 64.1 Å². The van der Waals surface area contributed by atoms with E-state index < -0.39 is 187 Å². The number of carbonyl (C=O) groups excluding carboxylic acids is 7. The highest BCUT2D eigenvalue weighted by Crippen LogP contribution is 2.64. The van der Waals surface area contributed by atoms with Gasteiger partial charge in [-0.2, -0.15) is 52.7 Å². The average molecular weight is 1400 g/mol. The lowest BCUT2D eigenvalue weighted by Crippen LogP contribution is -2.63. The van der Waals surface area contributed by atoms with E-state index in [0.717, 1.165) is 58.3 Å². The molecule has 12 aliphatic rings. The van der Waals surface area contributed by atoms with Gasteiger partial charge in [0.05, 0.1) is 54.7 Å². The summed E-state index contributed by atoms with van der Waals surface area (Å²) in [5.41, 5.74) is -4.54. The maximum atomic E-state index is 14.1. The van der Waals surface area contributed by atoms with E-state index in [2.05, 4.69) is 23.7 Å². The molecule has 0 amide bonds. The number of rotatable bonds is 23. The molecule has 10 atom stereocenters. The van der Waals surface area contributed by atoms with Crippen molar-refractivity contribution in [3.63, 3.8) is 0 Å². The Balaban J connectivity index is 0.000000183. The summed E-state index contributed by atoms with van der Waals surface area (Å²) in [6.45, 7) is 0.0859. The molecule has 17 nitrogen and oxygen atoms in total. The van der Waals surface area contributed by atoms with Crippen LogP contribution >= 0.6 is 0 Å². The largest absolute Gasteiger partial charge is 0.468 e. The van der Waals surface area contributed by atoms with Gasteiger partial charge in [-0.25, -0.2) is 31.9 Å². The molecule has 1 heterocycles. The maximum absolute atomic E-state index is 14.1. The van der Waals surface area contributed by atoms with Crippen molar-refractivity contribution in [2.45, 2.75) is 253 Å². The van der Waals surface area contributed by atoms with Crippen molar-refractivity contribution in [2.24, 2.45) is 64.1 Å². The molecule has 10 bridgehead atoms. The monoisotopic (exact) mass is 1400 g/mol. The van der Waals surface area contributed by atoms with E-state index in [1.54, 1.807) is 0 Å². The second-order valence-corrected chi connectivity index (χ2v) is 28.3. The summed E-state index contributed by atoms with van der Waals surface area (Å²) < 4.78 is 261.